The van der Waals surface area contributed by atoms with Crippen molar-refractivity contribution in [2.24, 2.45) is 5.73 Å². The highest BCUT2D eigenvalue weighted by Gasteiger charge is 2.04. The predicted molar refractivity (Wildman–Crippen MR) is 67.7 cm³/mol. The molecule has 0 fully saturated rings. The molecule has 0 aromatic heterocycles. The molecule has 6 heteroatoms. The summed E-state index contributed by atoms with van der Waals surface area (Å²) in [4.78, 5) is 29.1. The Morgan fingerprint density at radius 2 is 1.37 bits per heavy atom. The van der Waals surface area contributed by atoms with Crippen LogP contribution < -0.4 is 5.73 Å². The number of amides is 1. The van der Waals surface area contributed by atoms with E-state index in [2.05, 4.69) is 0 Å². The number of nitrogens with two attached hydrogens (primary N) is 1. The van der Waals surface area contributed by atoms with E-state index in [1.165, 1.54) is 0 Å². The first-order chi connectivity index (χ1) is 8.91. The summed E-state index contributed by atoms with van der Waals surface area (Å²) in [7, 11) is 0. The molecule has 6 nitrogen and oxygen atoms in total. The lowest BCUT2D eigenvalue weighted by Gasteiger charge is -1.98. The van der Waals surface area contributed by atoms with Crippen LogP contribution in [0.1, 0.15) is 10.4 Å². The van der Waals surface area contributed by atoms with Gasteiger partial charge in [-0.25, -0.2) is 9.59 Å². The summed E-state index contributed by atoms with van der Waals surface area (Å²) in [5.74, 6) is -4.03. The van der Waals surface area contributed by atoms with Crippen molar-refractivity contribution in [2.45, 2.75) is 0 Å². The minimum atomic E-state index is -1.82. The van der Waals surface area contributed by atoms with Crippen LogP contribution in [0.3, 0.4) is 0 Å². The van der Waals surface area contributed by atoms with Crippen molar-refractivity contribution in [2.75, 3.05) is 0 Å². The molecular weight excluding hydrogens is 250 g/mol. The second-order valence-corrected chi connectivity index (χ2v) is 3.54. The predicted octanol–water partition coefficient (Wildman–Crippen LogP) is 1.09. The van der Waals surface area contributed by atoms with Crippen molar-refractivity contribution in [1.29, 1.82) is 0 Å². The molecule has 0 atom stereocenters. The first-order valence-electron chi connectivity index (χ1n) is 5.16. The van der Waals surface area contributed by atoms with Crippen LogP contribution in [0.15, 0.2) is 42.5 Å². The summed E-state index contributed by atoms with van der Waals surface area (Å²) < 4.78 is 0. The number of carbonyl (C=O) groups is 3. The number of carboxylic acid groups (broad SMARTS) is 2. The van der Waals surface area contributed by atoms with Gasteiger partial charge in [-0.2, -0.15) is 0 Å². The average Bonchev–Trinajstić information content (AvgIpc) is 2.38. The highest BCUT2D eigenvalue weighted by atomic mass is 16.4. The van der Waals surface area contributed by atoms with E-state index >= 15 is 0 Å². The number of hydrogen-bond donors (Lipinski definition) is 3. The molecule has 2 aromatic rings. The minimum absolute atomic E-state index is 0.384. The van der Waals surface area contributed by atoms with E-state index in [-0.39, 0.29) is 5.91 Å². The monoisotopic (exact) mass is 261 g/mol. The van der Waals surface area contributed by atoms with Gasteiger partial charge >= 0.3 is 11.9 Å². The van der Waals surface area contributed by atoms with E-state index in [9.17, 15) is 4.79 Å². The number of rotatable bonds is 1. The molecular formula is C13H11NO5. The van der Waals surface area contributed by atoms with Crippen LogP contribution in [0.25, 0.3) is 10.8 Å². The summed E-state index contributed by atoms with van der Waals surface area (Å²) in [5.41, 5.74) is 5.72. The number of aliphatic carboxylic acids is 2. The Morgan fingerprint density at radius 3 is 1.84 bits per heavy atom. The minimum Gasteiger partial charge on any atom is -0.473 e. The maximum absolute atomic E-state index is 10.9. The van der Waals surface area contributed by atoms with Gasteiger partial charge in [0.2, 0.25) is 5.91 Å². The molecule has 0 saturated carbocycles. The molecule has 0 aliphatic rings. The highest BCUT2D eigenvalue weighted by molar-refractivity contribution is 6.27. The lowest BCUT2D eigenvalue weighted by molar-refractivity contribution is -0.159. The van der Waals surface area contributed by atoms with E-state index in [1.54, 1.807) is 12.1 Å². The Labute approximate surface area is 108 Å². The molecule has 0 spiro atoms. The molecule has 0 aliphatic heterocycles. The molecule has 1 amide bonds. The molecule has 0 aliphatic carbocycles. The summed E-state index contributed by atoms with van der Waals surface area (Å²) in [5, 5.41) is 16.9. The van der Waals surface area contributed by atoms with Gasteiger partial charge in [0.1, 0.15) is 0 Å². The first-order valence-corrected chi connectivity index (χ1v) is 5.16. The molecule has 2 aromatic carbocycles. The third-order valence-electron chi connectivity index (χ3n) is 2.22. The second kappa shape index (κ2) is 6.15. The normalized spacial score (nSPS) is 9.26. The molecule has 0 heterocycles. The fourth-order valence-electron chi connectivity index (χ4n) is 1.34. The molecule has 98 valence electrons. The topological polar surface area (TPSA) is 118 Å². The molecule has 19 heavy (non-hydrogen) atoms. The van der Waals surface area contributed by atoms with E-state index < -0.39 is 11.9 Å². The van der Waals surface area contributed by atoms with Crippen molar-refractivity contribution >= 4 is 28.6 Å². The largest absolute Gasteiger partial charge is 0.473 e. The Kier molecular flexibility index (Phi) is 4.59. The standard InChI is InChI=1S/C11H9NO.C2H2O4/c12-11(13)10-6-5-8-3-1-2-4-9(8)7-10;3-1(4)2(5)6/h1-7H,(H2,12,13);(H,3,4)(H,5,6). The van der Waals surface area contributed by atoms with Crippen LogP contribution >= 0.6 is 0 Å². The van der Waals surface area contributed by atoms with Gasteiger partial charge < -0.3 is 15.9 Å². The Bertz CT molecular complexity index is 624. The number of carbonyl (C=O) groups excluding carboxylic acids is 1. The fourth-order valence-corrected chi connectivity index (χ4v) is 1.34. The van der Waals surface area contributed by atoms with Crippen LogP contribution in [-0.2, 0) is 9.59 Å². The Morgan fingerprint density at radius 1 is 0.842 bits per heavy atom. The zero-order chi connectivity index (χ0) is 14.4. The van der Waals surface area contributed by atoms with Crippen LogP contribution in [0, 0.1) is 0 Å². The van der Waals surface area contributed by atoms with Gasteiger partial charge in [-0.1, -0.05) is 30.3 Å². The van der Waals surface area contributed by atoms with Gasteiger partial charge in [0.05, 0.1) is 0 Å². The lowest BCUT2D eigenvalue weighted by Crippen LogP contribution is -2.10. The maximum atomic E-state index is 10.9. The average molecular weight is 261 g/mol. The fraction of sp³-hybridized carbons (Fsp3) is 0. The highest BCUT2D eigenvalue weighted by Crippen LogP contribution is 2.14. The van der Waals surface area contributed by atoms with Crippen LogP contribution in [0.5, 0.6) is 0 Å². The van der Waals surface area contributed by atoms with Gasteiger partial charge in [0, 0.05) is 5.56 Å². The van der Waals surface area contributed by atoms with Gasteiger partial charge in [-0.15, -0.1) is 0 Å². The maximum Gasteiger partial charge on any atom is 0.414 e. The smallest absolute Gasteiger partial charge is 0.414 e. The lowest BCUT2D eigenvalue weighted by atomic mass is 10.1. The van der Waals surface area contributed by atoms with Crippen molar-refractivity contribution in [3.63, 3.8) is 0 Å². The van der Waals surface area contributed by atoms with Gasteiger partial charge in [-0.3, -0.25) is 4.79 Å². The van der Waals surface area contributed by atoms with Crippen molar-refractivity contribution in [3.8, 4) is 0 Å². The SMILES string of the molecule is NC(=O)c1ccc2ccccc2c1.O=C(O)C(=O)O. The van der Waals surface area contributed by atoms with Crippen LogP contribution in [0.4, 0.5) is 0 Å². The Balaban J connectivity index is 0.000000258. The molecule has 2 rings (SSSR count). The van der Waals surface area contributed by atoms with Gasteiger partial charge in [-0.05, 0) is 22.9 Å². The summed E-state index contributed by atoms with van der Waals surface area (Å²) in [6.07, 6.45) is 0. The third kappa shape index (κ3) is 4.12. The van der Waals surface area contributed by atoms with Gasteiger partial charge in [0.25, 0.3) is 0 Å². The zero-order valence-corrected chi connectivity index (χ0v) is 9.74. The number of carboxylic acids is 2. The second-order valence-electron chi connectivity index (χ2n) is 3.54. The van der Waals surface area contributed by atoms with E-state index in [4.69, 9.17) is 25.5 Å². The van der Waals surface area contributed by atoms with E-state index in [1.807, 2.05) is 30.3 Å². The first kappa shape index (κ1) is 14.2. The quantitative estimate of drug-likeness (QED) is 0.664. The van der Waals surface area contributed by atoms with Crippen molar-refractivity contribution < 1.29 is 24.6 Å². The van der Waals surface area contributed by atoms with Crippen molar-refractivity contribution in [3.05, 3.63) is 48.0 Å². The van der Waals surface area contributed by atoms with Crippen LogP contribution in [0.2, 0.25) is 0 Å². The molecule has 0 unspecified atom stereocenters. The van der Waals surface area contributed by atoms with Crippen LogP contribution in [-0.4, -0.2) is 28.1 Å². The van der Waals surface area contributed by atoms with Crippen molar-refractivity contribution in [1.82, 2.24) is 0 Å². The van der Waals surface area contributed by atoms with E-state index in [0.717, 1.165) is 10.8 Å². The zero-order valence-electron chi connectivity index (χ0n) is 9.74. The third-order valence-corrected chi connectivity index (χ3v) is 2.22. The summed E-state index contributed by atoms with van der Waals surface area (Å²) in [6.45, 7) is 0. The number of fused-ring (bicyclic) bond motifs is 1. The molecule has 0 bridgehead atoms. The Hall–Kier alpha value is -2.89. The molecule has 0 radical (unpaired) electrons. The molecule has 4 N–H and O–H groups in total. The number of benzene rings is 2. The number of primary amides is 1. The number of hydrogen-bond acceptors (Lipinski definition) is 3. The summed E-state index contributed by atoms with van der Waals surface area (Å²) >= 11 is 0. The summed E-state index contributed by atoms with van der Waals surface area (Å²) in [6, 6.07) is 13.3. The van der Waals surface area contributed by atoms with E-state index in [0.29, 0.717) is 5.56 Å². The molecule has 0 saturated heterocycles. The van der Waals surface area contributed by atoms with Gasteiger partial charge in [0.15, 0.2) is 0 Å².